The summed E-state index contributed by atoms with van der Waals surface area (Å²) in [5, 5.41) is 14.6. The fourth-order valence-corrected chi connectivity index (χ4v) is 5.08. The number of ether oxygens (including phenoxy) is 2. The lowest BCUT2D eigenvalue weighted by Crippen LogP contribution is -2.51. The van der Waals surface area contributed by atoms with Crippen LogP contribution in [0.25, 0.3) is 22.5 Å². The number of aromatic nitrogens is 2. The van der Waals surface area contributed by atoms with E-state index in [4.69, 9.17) is 9.47 Å². The Labute approximate surface area is 294 Å². The molecule has 0 radical (unpaired) electrons. The average Bonchev–Trinajstić information content (AvgIpc) is 3.12. The van der Waals surface area contributed by atoms with E-state index < -0.39 is 29.9 Å². The quantitative estimate of drug-likeness (QED) is 0.0890. The molecule has 0 aliphatic rings. The summed E-state index contributed by atoms with van der Waals surface area (Å²) in [4.78, 5) is 46.8. The highest BCUT2D eigenvalue weighted by atomic mass is 16.5. The number of benzene rings is 3. The van der Waals surface area contributed by atoms with Gasteiger partial charge in [0.2, 0.25) is 5.91 Å². The minimum Gasteiger partial charge on any atom is -0.494 e. The number of carboxylic acids is 1. The molecule has 0 bridgehead atoms. The summed E-state index contributed by atoms with van der Waals surface area (Å²) < 4.78 is 11.6. The van der Waals surface area contributed by atoms with Crippen molar-refractivity contribution in [1.29, 1.82) is 0 Å². The first-order valence-corrected chi connectivity index (χ1v) is 17.3. The molecule has 2 atom stereocenters. The zero-order chi connectivity index (χ0) is 35.9. The van der Waals surface area contributed by atoms with E-state index in [9.17, 15) is 19.5 Å². The molecule has 0 aliphatic heterocycles. The number of aliphatic carboxylic acids is 1. The van der Waals surface area contributed by atoms with Crippen molar-refractivity contribution in [2.24, 2.45) is 5.92 Å². The zero-order valence-electron chi connectivity index (χ0n) is 29.4. The minimum absolute atomic E-state index is 0.137. The third-order valence-electron chi connectivity index (χ3n) is 8.06. The van der Waals surface area contributed by atoms with Crippen molar-refractivity contribution in [2.75, 3.05) is 13.2 Å². The molecule has 2 amide bonds. The maximum absolute atomic E-state index is 13.1. The molecule has 0 saturated carbocycles. The van der Waals surface area contributed by atoms with Crippen molar-refractivity contribution in [2.45, 2.75) is 78.3 Å². The van der Waals surface area contributed by atoms with Gasteiger partial charge in [0, 0.05) is 35.5 Å². The molecule has 264 valence electrons. The Hall–Kier alpha value is -5.25. The Balaban J connectivity index is 1.38. The standard InChI is InChI=1S/C40H48N4O6/c1-5-6-7-8-9-22-49-34-18-14-30(15-19-34)33-24-41-37(42-25-33)31-12-10-29(11-13-31)23-36(39(46)43-28(4)40(47)48)44-38(45)32-16-20-35(21-17-32)50-26-27(2)3/h10-21,24-25,27-28,36H,5-9,22-23,26H2,1-4H3,(H,43,46)(H,44,45)(H,47,48)/t28-,36+/m1/s1. The number of rotatable bonds is 19. The third-order valence-corrected chi connectivity index (χ3v) is 8.06. The highest BCUT2D eigenvalue weighted by Crippen LogP contribution is 2.24. The summed E-state index contributed by atoms with van der Waals surface area (Å²) in [6, 6.07) is 19.8. The van der Waals surface area contributed by atoms with Gasteiger partial charge in [0.1, 0.15) is 23.6 Å². The SMILES string of the molecule is CCCCCCCOc1ccc(-c2cnc(-c3ccc(C[C@H](NC(=O)c4ccc(OCC(C)C)cc4)C(=O)N[C@H](C)C(=O)O)cc3)nc2)cc1. The highest BCUT2D eigenvalue weighted by molar-refractivity contribution is 5.98. The van der Waals surface area contributed by atoms with Crippen LogP contribution in [0.1, 0.15) is 75.7 Å². The molecule has 0 aliphatic carbocycles. The van der Waals surface area contributed by atoms with Gasteiger partial charge in [-0.05, 0) is 66.8 Å². The lowest BCUT2D eigenvalue weighted by Gasteiger charge is -2.20. The van der Waals surface area contributed by atoms with Crippen LogP contribution < -0.4 is 20.1 Å². The fraction of sp³-hybridized carbons (Fsp3) is 0.375. The number of nitrogens with zero attached hydrogens (tertiary/aromatic N) is 2. The van der Waals surface area contributed by atoms with Gasteiger partial charge in [-0.3, -0.25) is 14.4 Å². The number of carboxylic acid groups (broad SMARTS) is 1. The first kappa shape index (κ1) is 37.6. The second-order valence-electron chi connectivity index (χ2n) is 12.8. The van der Waals surface area contributed by atoms with E-state index >= 15 is 0 Å². The number of carbonyl (C=O) groups is 3. The Morgan fingerprint density at radius 2 is 1.32 bits per heavy atom. The molecule has 10 heteroatoms. The molecule has 50 heavy (non-hydrogen) atoms. The van der Waals surface area contributed by atoms with Crippen LogP contribution >= 0.6 is 0 Å². The van der Waals surface area contributed by atoms with Crippen LogP contribution in [0.5, 0.6) is 11.5 Å². The minimum atomic E-state index is -1.18. The van der Waals surface area contributed by atoms with Gasteiger partial charge in [0.15, 0.2) is 5.82 Å². The van der Waals surface area contributed by atoms with Crippen molar-refractivity contribution in [1.82, 2.24) is 20.6 Å². The van der Waals surface area contributed by atoms with Crippen LogP contribution in [0.3, 0.4) is 0 Å². The molecule has 4 aromatic rings. The van der Waals surface area contributed by atoms with Crippen molar-refractivity contribution in [3.63, 3.8) is 0 Å². The number of hydrogen-bond donors (Lipinski definition) is 3. The summed E-state index contributed by atoms with van der Waals surface area (Å²) in [6.07, 6.45) is 9.69. The van der Waals surface area contributed by atoms with Crippen LogP contribution in [0, 0.1) is 5.92 Å². The molecule has 0 unspecified atom stereocenters. The Bertz CT molecular complexity index is 1660. The smallest absolute Gasteiger partial charge is 0.325 e. The summed E-state index contributed by atoms with van der Waals surface area (Å²) in [5.74, 6) is 0.146. The van der Waals surface area contributed by atoms with E-state index in [1.54, 1.807) is 36.7 Å². The molecule has 10 nitrogen and oxygen atoms in total. The Morgan fingerprint density at radius 3 is 1.94 bits per heavy atom. The van der Waals surface area contributed by atoms with Gasteiger partial charge in [-0.25, -0.2) is 9.97 Å². The maximum atomic E-state index is 13.1. The summed E-state index contributed by atoms with van der Waals surface area (Å²) in [7, 11) is 0. The Kier molecular flexibility index (Phi) is 14.3. The largest absolute Gasteiger partial charge is 0.494 e. The van der Waals surface area contributed by atoms with E-state index in [0.29, 0.717) is 29.7 Å². The number of amides is 2. The predicted molar refractivity (Wildman–Crippen MR) is 194 cm³/mol. The molecular weight excluding hydrogens is 632 g/mol. The summed E-state index contributed by atoms with van der Waals surface area (Å²) in [6.45, 7) is 8.94. The molecule has 0 fully saturated rings. The first-order chi connectivity index (χ1) is 24.1. The molecular formula is C40H48N4O6. The second kappa shape index (κ2) is 19.1. The molecule has 3 N–H and O–H groups in total. The van der Waals surface area contributed by atoms with Crippen LogP contribution in [0.4, 0.5) is 0 Å². The maximum Gasteiger partial charge on any atom is 0.325 e. The molecule has 3 aromatic carbocycles. The van der Waals surface area contributed by atoms with Crippen LogP contribution in [-0.4, -0.2) is 58.2 Å². The highest BCUT2D eigenvalue weighted by Gasteiger charge is 2.25. The van der Waals surface area contributed by atoms with Gasteiger partial charge in [0.05, 0.1) is 13.2 Å². The van der Waals surface area contributed by atoms with Crippen LogP contribution in [0.2, 0.25) is 0 Å². The van der Waals surface area contributed by atoms with Gasteiger partial charge in [0.25, 0.3) is 5.91 Å². The molecule has 1 heterocycles. The van der Waals surface area contributed by atoms with Gasteiger partial charge >= 0.3 is 5.97 Å². The number of carbonyl (C=O) groups excluding carboxylic acids is 2. The average molecular weight is 681 g/mol. The van der Waals surface area contributed by atoms with E-state index in [1.165, 1.54) is 32.6 Å². The second-order valence-corrected chi connectivity index (χ2v) is 12.8. The summed E-state index contributed by atoms with van der Waals surface area (Å²) >= 11 is 0. The molecule has 1 aromatic heterocycles. The fourth-order valence-electron chi connectivity index (χ4n) is 5.08. The first-order valence-electron chi connectivity index (χ1n) is 17.3. The topological polar surface area (TPSA) is 140 Å². The van der Waals surface area contributed by atoms with Gasteiger partial charge in [-0.1, -0.05) is 82.9 Å². The number of nitrogens with one attached hydrogen (secondary N) is 2. The Morgan fingerprint density at radius 1 is 0.720 bits per heavy atom. The van der Waals surface area contributed by atoms with Crippen LogP contribution in [-0.2, 0) is 16.0 Å². The normalized spacial score (nSPS) is 12.2. The van der Waals surface area contributed by atoms with E-state index in [0.717, 1.165) is 41.0 Å². The van der Waals surface area contributed by atoms with Gasteiger partial charge < -0.3 is 25.2 Å². The number of unbranched alkanes of at least 4 members (excludes halogenated alkanes) is 4. The lowest BCUT2D eigenvalue weighted by molar-refractivity contribution is -0.141. The van der Waals surface area contributed by atoms with Gasteiger partial charge in [-0.2, -0.15) is 0 Å². The molecule has 4 rings (SSSR count). The van der Waals surface area contributed by atoms with Crippen molar-refractivity contribution in [3.8, 4) is 34.0 Å². The van der Waals surface area contributed by atoms with Crippen LogP contribution in [0.15, 0.2) is 85.2 Å². The number of hydrogen-bond acceptors (Lipinski definition) is 7. The van der Waals surface area contributed by atoms with E-state index in [1.807, 2.05) is 62.4 Å². The van der Waals surface area contributed by atoms with Gasteiger partial charge in [-0.15, -0.1) is 0 Å². The van der Waals surface area contributed by atoms with Crippen molar-refractivity contribution >= 4 is 17.8 Å². The zero-order valence-corrected chi connectivity index (χ0v) is 29.4. The summed E-state index contributed by atoms with van der Waals surface area (Å²) in [5.41, 5.74) is 3.76. The molecule has 0 spiro atoms. The van der Waals surface area contributed by atoms with Crippen molar-refractivity contribution in [3.05, 3.63) is 96.3 Å². The van der Waals surface area contributed by atoms with E-state index in [2.05, 4.69) is 27.5 Å². The third kappa shape index (κ3) is 11.7. The monoisotopic (exact) mass is 680 g/mol. The molecule has 0 saturated heterocycles. The van der Waals surface area contributed by atoms with Crippen molar-refractivity contribution < 1.29 is 29.0 Å². The van der Waals surface area contributed by atoms with E-state index in [-0.39, 0.29) is 6.42 Å². The lowest BCUT2D eigenvalue weighted by atomic mass is 10.0. The predicted octanol–water partition coefficient (Wildman–Crippen LogP) is 7.13.